The number of methoxy groups -OCH3 is 2. The third-order valence-electron chi connectivity index (χ3n) is 3.73. The van der Waals surface area contributed by atoms with Crippen molar-refractivity contribution >= 4 is 0 Å². The van der Waals surface area contributed by atoms with Crippen LogP contribution in [0.25, 0.3) is 17.1 Å². The van der Waals surface area contributed by atoms with Crippen LogP contribution in [-0.2, 0) is 0 Å². The normalized spacial score (nSPS) is 10.7. The van der Waals surface area contributed by atoms with E-state index in [4.69, 9.17) is 9.47 Å². The van der Waals surface area contributed by atoms with Crippen LogP contribution in [-0.4, -0.2) is 34.0 Å². The Kier molecular flexibility index (Phi) is 4.20. The first-order valence-electron chi connectivity index (χ1n) is 7.63. The number of hydrogen-bond donors (Lipinski definition) is 0. The maximum absolute atomic E-state index is 5.26. The largest absolute Gasteiger partial charge is 0.481 e. The lowest BCUT2D eigenvalue weighted by molar-refractivity contribution is 0.372. The van der Waals surface area contributed by atoms with Crippen molar-refractivity contribution in [3.05, 3.63) is 47.3 Å². The fraction of sp³-hybridized carbons (Fsp3) is 0.278. The summed E-state index contributed by atoms with van der Waals surface area (Å²) in [6.45, 7) is 6.05. The quantitative estimate of drug-likeness (QED) is 0.737. The first kappa shape index (κ1) is 16.0. The van der Waals surface area contributed by atoms with Crippen LogP contribution in [0.15, 0.2) is 30.3 Å². The van der Waals surface area contributed by atoms with Gasteiger partial charge in [-0.25, -0.2) is 4.68 Å². The maximum atomic E-state index is 5.26. The van der Waals surface area contributed by atoms with Gasteiger partial charge < -0.3 is 9.47 Å². The van der Waals surface area contributed by atoms with Crippen LogP contribution in [0.5, 0.6) is 11.8 Å². The van der Waals surface area contributed by atoms with Gasteiger partial charge in [-0.1, -0.05) is 6.07 Å². The monoisotopic (exact) mass is 324 g/mol. The van der Waals surface area contributed by atoms with Crippen molar-refractivity contribution in [2.45, 2.75) is 20.8 Å². The predicted octanol–water partition coefficient (Wildman–Crippen LogP) is 3.27. The molecule has 1 aromatic carbocycles. The highest BCUT2D eigenvalue weighted by Gasteiger charge is 2.15. The molecule has 6 heteroatoms. The zero-order chi connectivity index (χ0) is 17.3. The van der Waals surface area contributed by atoms with Crippen molar-refractivity contribution in [3.63, 3.8) is 0 Å². The van der Waals surface area contributed by atoms with Gasteiger partial charge in [0.25, 0.3) is 0 Å². The van der Waals surface area contributed by atoms with Crippen LogP contribution < -0.4 is 9.47 Å². The molecule has 0 spiro atoms. The summed E-state index contributed by atoms with van der Waals surface area (Å²) in [6, 6.07) is 9.79. The molecule has 0 aliphatic carbocycles. The van der Waals surface area contributed by atoms with E-state index >= 15 is 0 Å². The molecule has 6 nitrogen and oxygen atoms in total. The molecule has 0 N–H and O–H groups in total. The summed E-state index contributed by atoms with van der Waals surface area (Å²) >= 11 is 0. The topological polar surface area (TPSA) is 62.1 Å². The Hall–Kier alpha value is -2.89. The molecule has 0 radical (unpaired) electrons. The number of benzene rings is 1. The minimum atomic E-state index is 0.455. The van der Waals surface area contributed by atoms with Gasteiger partial charge in [-0.05, 0) is 44.5 Å². The van der Waals surface area contributed by atoms with Gasteiger partial charge in [0, 0.05) is 11.3 Å². The second-order valence-corrected chi connectivity index (χ2v) is 5.64. The lowest BCUT2D eigenvalue weighted by atomic mass is 10.1. The fourth-order valence-corrected chi connectivity index (χ4v) is 2.61. The van der Waals surface area contributed by atoms with Crippen molar-refractivity contribution < 1.29 is 9.47 Å². The number of ether oxygens (including phenoxy) is 2. The molecule has 0 atom stereocenters. The summed E-state index contributed by atoms with van der Waals surface area (Å²) in [7, 11) is 3.14. The Morgan fingerprint density at radius 2 is 1.54 bits per heavy atom. The molecular weight excluding hydrogens is 304 g/mol. The lowest BCUT2D eigenvalue weighted by Crippen LogP contribution is -2.04. The zero-order valence-corrected chi connectivity index (χ0v) is 14.5. The van der Waals surface area contributed by atoms with Gasteiger partial charge >= 0.3 is 0 Å². The Balaban J connectivity index is 2.24. The van der Waals surface area contributed by atoms with Crippen LogP contribution in [0, 0.1) is 20.8 Å². The molecule has 0 saturated heterocycles. The van der Waals surface area contributed by atoms with Gasteiger partial charge in [0.05, 0.1) is 31.7 Å². The number of hydrogen-bond acceptors (Lipinski definition) is 5. The molecule has 0 unspecified atom stereocenters. The Labute approximate surface area is 141 Å². The molecule has 124 valence electrons. The highest BCUT2D eigenvalue weighted by atomic mass is 16.5. The molecule has 0 saturated carbocycles. The van der Waals surface area contributed by atoms with Gasteiger partial charge in [-0.3, -0.25) is 0 Å². The van der Waals surface area contributed by atoms with E-state index in [0.29, 0.717) is 17.6 Å². The summed E-state index contributed by atoms with van der Waals surface area (Å²) in [4.78, 5) is 8.94. The molecule has 0 bridgehead atoms. The van der Waals surface area contributed by atoms with E-state index in [2.05, 4.69) is 21.1 Å². The first-order valence-corrected chi connectivity index (χ1v) is 7.63. The SMILES string of the molecule is COc1cc(OC)nc(-c2ccc(C)cc2-n2nc(C)cc2C)n1. The Morgan fingerprint density at radius 3 is 2.08 bits per heavy atom. The second kappa shape index (κ2) is 6.31. The van der Waals surface area contributed by atoms with Crippen LogP contribution in [0.1, 0.15) is 17.0 Å². The molecule has 2 heterocycles. The van der Waals surface area contributed by atoms with E-state index in [9.17, 15) is 0 Å². The number of nitrogens with zero attached hydrogens (tertiary/aromatic N) is 4. The van der Waals surface area contributed by atoms with E-state index in [-0.39, 0.29) is 0 Å². The van der Waals surface area contributed by atoms with E-state index in [1.165, 1.54) is 0 Å². The smallest absolute Gasteiger partial charge is 0.220 e. The van der Waals surface area contributed by atoms with E-state index < -0.39 is 0 Å². The molecule has 2 aromatic heterocycles. The summed E-state index contributed by atoms with van der Waals surface area (Å²) in [6.07, 6.45) is 0. The van der Waals surface area contributed by atoms with Gasteiger partial charge in [0.2, 0.25) is 11.8 Å². The van der Waals surface area contributed by atoms with Gasteiger partial charge in [-0.15, -0.1) is 0 Å². The molecule has 24 heavy (non-hydrogen) atoms. The van der Waals surface area contributed by atoms with Gasteiger partial charge in [-0.2, -0.15) is 15.1 Å². The van der Waals surface area contributed by atoms with Crippen molar-refractivity contribution in [1.29, 1.82) is 0 Å². The average molecular weight is 324 g/mol. The maximum Gasteiger partial charge on any atom is 0.220 e. The molecule has 0 aliphatic rings. The summed E-state index contributed by atoms with van der Waals surface area (Å²) in [5, 5.41) is 4.59. The number of aromatic nitrogens is 4. The summed E-state index contributed by atoms with van der Waals surface area (Å²) in [5.74, 6) is 1.45. The zero-order valence-electron chi connectivity index (χ0n) is 14.5. The Bertz CT molecular complexity index is 864. The second-order valence-electron chi connectivity index (χ2n) is 5.64. The van der Waals surface area contributed by atoms with Crippen molar-refractivity contribution in [2.24, 2.45) is 0 Å². The first-order chi connectivity index (χ1) is 11.5. The number of rotatable bonds is 4. The third-order valence-corrected chi connectivity index (χ3v) is 3.73. The summed E-state index contributed by atoms with van der Waals surface area (Å²) < 4.78 is 12.4. The average Bonchev–Trinajstić information content (AvgIpc) is 2.92. The summed E-state index contributed by atoms with van der Waals surface area (Å²) in [5.41, 5.74) is 4.94. The number of aryl methyl sites for hydroxylation is 3. The minimum absolute atomic E-state index is 0.455. The van der Waals surface area contributed by atoms with Crippen LogP contribution in [0.2, 0.25) is 0 Å². The predicted molar refractivity (Wildman–Crippen MR) is 91.9 cm³/mol. The van der Waals surface area contributed by atoms with Crippen molar-refractivity contribution in [3.8, 4) is 28.8 Å². The fourth-order valence-electron chi connectivity index (χ4n) is 2.61. The highest BCUT2D eigenvalue weighted by molar-refractivity contribution is 5.69. The molecule has 0 fully saturated rings. The van der Waals surface area contributed by atoms with Gasteiger partial charge in [0.1, 0.15) is 0 Å². The van der Waals surface area contributed by atoms with E-state index in [1.54, 1.807) is 20.3 Å². The highest BCUT2D eigenvalue weighted by Crippen LogP contribution is 2.29. The Morgan fingerprint density at radius 1 is 0.875 bits per heavy atom. The molecule has 3 rings (SSSR count). The molecule has 0 amide bonds. The van der Waals surface area contributed by atoms with Crippen LogP contribution >= 0.6 is 0 Å². The van der Waals surface area contributed by atoms with E-state index in [0.717, 1.165) is 28.2 Å². The molecular formula is C18H20N4O2. The standard InChI is InChI=1S/C18H20N4O2/c1-11-6-7-14(15(8-11)22-13(3)9-12(2)21-22)18-19-16(23-4)10-17(20-18)24-5/h6-10H,1-5H3. The van der Waals surface area contributed by atoms with Crippen molar-refractivity contribution in [2.75, 3.05) is 14.2 Å². The van der Waals surface area contributed by atoms with Crippen LogP contribution in [0.3, 0.4) is 0 Å². The lowest BCUT2D eigenvalue weighted by Gasteiger charge is -2.13. The molecule has 3 aromatic rings. The third kappa shape index (κ3) is 2.95. The van der Waals surface area contributed by atoms with Gasteiger partial charge in [0.15, 0.2) is 5.82 Å². The molecule has 0 aliphatic heterocycles. The minimum Gasteiger partial charge on any atom is -0.481 e. The van der Waals surface area contributed by atoms with Crippen LogP contribution in [0.4, 0.5) is 0 Å². The van der Waals surface area contributed by atoms with Crippen molar-refractivity contribution in [1.82, 2.24) is 19.7 Å². The van der Waals surface area contributed by atoms with E-state index in [1.807, 2.05) is 43.7 Å².